The molecule has 0 fully saturated rings. The van der Waals surface area contributed by atoms with Crippen LogP contribution in [0, 0.1) is 6.92 Å². The molecule has 4 nitrogen and oxygen atoms in total. The molecule has 0 aliphatic heterocycles. The van der Waals surface area contributed by atoms with E-state index in [4.69, 9.17) is 5.11 Å². The number of carboxylic acids is 1. The second-order valence-electron chi connectivity index (χ2n) is 4.56. The molecule has 0 spiro atoms. The van der Waals surface area contributed by atoms with Crippen LogP contribution in [0.3, 0.4) is 0 Å². The number of hydrogen-bond donors (Lipinski definition) is 2. The molecule has 0 aliphatic rings. The van der Waals surface area contributed by atoms with Crippen LogP contribution < -0.4 is 5.32 Å². The van der Waals surface area contributed by atoms with E-state index in [0.29, 0.717) is 11.3 Å². The second-order valence-corrected chi connectivity index (χ2v) is 4.56. The van der Waals surface area contributed by atoms with Gasteiger partial charge in [-0.25, -0.2) is 4.79 Å². The van der Waals surface area contributed by atoms with Gasteiger partial charge in [-0.15, -0.1) is 0 Å². The topological polar surface area (TPSA) is 66.4 Å². The summed E-state index contributed by atoms with van der Waals surface area (Å²) in [5.41, 5.74) is 2.21. The average Bonchev–Trinajstić information content (AvgIpc) is 2.47. The fourth-order valence-electron chi connectivity index (χ4n) is 1.90. The third-order valence-electron chi connectivity index (χ3n) is 2.93. The van der Waals surface area contributed by atoms with Crippen molar-refractivity contribution in [2.45, 2.75) is 6.92 Å². The first-order valence-electron chi connectivity index (χ1n) is 6.44. The minimum Gasteiger partial charge on any atom is -0.478 e. The van der Waals surface area contributed by atoms with Crippen molar-refractivity contribution < 1.29 is 14.7 Å². The summed E-state index contributed by atoms with van der Waals surface area (Å²) in [4.78, 5) is 23.0. The maximum atomic E-state index is 12.0. The van der Waals surface area contributed by atoms with Crippen LogP contribution in [0.15, 0.2) is 60.8 Å². The lowest BCUT2D eigenvalue weighted by atomic mass is 10.1. The first kappa shape index (κ1) is 14.5. The van der Waals surface area contributed by atoms with Crippen LogP contribution in [0.5, 0.6) is 0 Å². The maximum absolute atomic E-state index is 12.0. The molecule has 0 atom stereocenters. The van der Waals surface area contributed by atoms with Gasteiger partial charge in [0.05, 0.1) is 11.3 Å². The Kier molecular flexibility index (Phi) is 4.51. The first-order valence-corrected chi connectivity index (χ1v) is 6.44. The highest BCUT2D eigenvalue weighted by Crippen LogP contribution is 2.14. The summed E-state index contributed by atoms with van der Waals surface area (Å²) in [5.74, 6) is -1.16. The Morgan fingerprint density at radius 3 is 2.57 bits per heavy atom. The number of hydrogen-bond acceptors (Lipinski definition) is 3. The van der Waals surface area contributed by atoms with E-state index < -0.39 is 5.97 Å². The molecular weight excluding hydrogens is 266 g/mol. The normalized spacial score (nSPS) is 10.5. The molecule has 0 radical (unpaired) electrons. The molecule has 0 aromatic heterocycles. The van der Waals surface area contributed by atoms with Crippen LogP contribution >= 0.6 is 0 Å². The molecule has 0 saturated heterocycles. The number of para-hydroxylation sites is 1. The number of aromatic carboxylic acids is 1. The molecule has 0 aliphatic carbocycles. The molecule has 0 amide bonds. The van der Waals surface area contributed by atoms with Gasteiger partial charge >= 0.3 is 5.97 Å². The Balaban J connectivity index is 2.09. The van der Waals surface area contributed by atoms with Gasteiger partial charge in [0.25, 0.3) is 0 Å². The van der Waals surface area contributed by atoms with Gasteiger partial charge in [0.15, 0.2) is 5.78 Å². The lowest BCUT2D eigenvalue weighted by Gasteiger charge is -2.04. The van der Waals surface area contributed by atoms with Crippen LogP contribution in [0.25, 0.3) is 0 Å². The molecule has 0 heterocycles. The lowest BCUT2D eigenvalue weighted by molar-refractivity contribution is 0.0698. The van der Waals surface area contributed by atoms with Crippen LogP contribution in [0.1, 0.15) is 26.3 Å². The van der Waals surface area contributed by atoms with Gasteiger partial charge < -0.3 is 10.4 Å². The molecule has 21 heavy (non-hydrogen) atoms. The van der Waals surface area contributed by atoms with Gasteiger partial charge in [-0.2, -0.15) is 0 Å². The first-order chi connectivity index (χ1) is 10.1. The number of rotatable bonds is 5. The summed E-state index contributed by atoms with van der Waals surface area (Å²) < 4.78 is 0. The molecule has 2 N–H and O–H groups in total. The number of ketones is 1. The molecule has 2 aromatic carbocycles. The summed E-state index contributed by atoms with van der Waals surface area (Å²) >= 11 is 0. The number of carbonyl (C=O) groups excluding carboxylic acids is 1. The quantitative estimate of drug-likeness (QED) is 0.650. The van der Waals surface area contributed by atoms with Crippen LogP contribution in [0.2, 0.25) is 0 Å². The average molecular weight is 281 g/mol. The second kappa shape index (κ2) is 6.52. The maximum Gasteiger partial charge on any atom is 0.337 e. The van der Waals surface area contributed by atoms with E-state index >= 15 is 0 Å². The van der Waals surface area contributed by atoms with Crippen molar-refractivity contribution in [3.05, 3.63) is 77.5 Å². The van der Waals surface area contributed by atoms with Gasteiger partial charge in [-0.1, -0.05) is 35.9 Å². The Hall–Kier alpha value is -2.88. The highest BCUT2D eigenvalue weighted by atomic mass is 16.4. The van der Waals surface area contributed by atoms with Gasteiger partial charge in [0.1, 0.15) is 0 Å². The molecule has 106 valence electrons. The zero-order valence-corrected chi connectivity index (χ0v) is 11.5. The van der Waals surface area contributed by atoms with Crippen molar-refractivity contribution in [2.24, 2.45) is 0 Å². The molecule has 2 aromatic rings. The van der Waals surface area contributed by atoms with Gasteiger partial charge in [0.2, 0.25) is 0 Å². The molecule has 2 rings (SSSR count). The van der Waals surface area contributed by atoms with Crippen LogP contribution in [-0.4, -0.2) is 16.9 Å². The van der Waals surface area contributed by atoms with E-state index in [2.05, 4.69) is 5.32 Å². The smallest absolute Gasteiger partial charge is 0.337 e. The molecule has 4 heteroatoms. The summed E-state index contributed by atoms with van der Waals surface area (Å²) in [6, 6.07) is 13.8. The number of carboxylic acid groups (broad SMARTS) is 1. The Bertz CT molecular complexity index is 705. The van der Waals surface area contributed by atoms with Crippen molar-refractivity contribution in [3.8, 4) is 0 Å². The van der Waals surface area contributed by atoms with Gasteiger partial charge in [0, 0.05) is 17.8 Å². The van der Waals surface area contributed by atoms with E-state index in [1.165, 1.54) is 18.3 Å². The Morgan fingerprint density at radius 1 is 1.10 bits per heavy atom. The summed E-state index contributed by atoms with van der Waals surface area (Å²) in [5, 5.41) is 11.9. The third kappa shape index (κ3) is 3.79. The number of aryl methyl sites for hydroxylation is 1. The number of nitrogens with one attached hydrogen (secondary N) is 1. The van der Waals surface area contributed by atoms with Crippen molar-refractivity contribution in [3.63, 3.8) is 0 Å². The molecule has 0 unspecified atom stereocenters. The van der Waals surface area contributed by atoms with Gasteiger partial charge in [-0.3, -0.25) is 4.79 Å². The van der Waals surface area contributed by atoms with E-state index in [0.717, 1.165) is 5.56 Å². The number of allylic oxidation sites excluding steroid dienone is 1. The fraction of sp³-hybridized carbons (Fsp3) is 0.0588. The number of benzene rings is 2. The largest absolute Gasteiger partial charge is 0.478 e. The highest BCUT2D eigenvalue weighted by molar-refractivity contribution is 6.04. The molecular formula is C17H15NO3. The SMILES string of the molecule is Cc1cccc(C(=O)/C=C\Nc2ccccc2C(=O)O)c1. The Morgan fingerprint density at radius 2 is 1.86 bits per heavy atom. The minimum atomic E-state index is -1.02. The number of anilines is 1. The van der Waals surface area contributed by atoms with E-state index in [-0.39, 0.29) is 11.3 Å². The number of carbonyl (C=O) groups is 2. The zero-order valence-electron chi connectivity index (χ0n) is 11.5. The van der Waals surface area contributed by atoms with E-state index in [1.54, 1.807) is 30.3 Å². The third-order valence-corrected chi connectivity index (χ3v) is 2.93. The van der Waals surface area contributed by atoms with E-state index in [9.17, 15) is 9.59 Å². The Labute approximate surface area is 122 Å². The zero-order chi connectivity index (χ0) is 15.2. The highest BCUT2D eigenvalue weighted by Gasteiger charge is 2.07. The molecule has 0 bridgehead atoms. The lowest BCUT2D eigenvalue weighted by Crippen LogP contribution is -2.02. The van der Waals surface area contributed by atoms with E-state index in [1.807, 2.05) is 19.1 Å². The van der Waals surface area contributed by atoms with Crippen molar-refractivity contribution >= 4 is 17.4 Å². The molecule has 0 saturated carbocycles. The standard InChI is InChI=1S/C17H15NO3/c1-12-5-4-6-13(11-12)16(19)9-10-18-15-8-3-2-7-14(15)17(20)21/h2-11,18H,1H3,(H,20,21)/b10-9-. The van der Waals surface area contributed by atoms with Crippen LogP contribution in [0.4, 0.5) is 5.69 Å². The monoisotopic (exact) mass is 281 g/mol. The van der Waals surface area contributed by atoms with Crippen molar-refractivity contribution in [1.29, 1.82) is 0 Å². The minimum absolute atomic E-state index is 0.140. The van der Waals surface area contributed by atoms with Gasteiger partial charge in [-0.05, 0) is 25.1 Å². The van der Waals surface area contributed by atoms with Crippen LogP contribution in [-0.2, 0) is 0 Å². The predicted molar refractivity (Wildman–Crippen MR) is 81.7 cm³/mol. The fourth-order valence-corrected chi connectivity index (χ4v) is 1.90. The predicted octanol–water partition coefficient (Wildman–Crippen LogP) is 3.50. The summed E-state index contributed by atoms with van der Waals surface area (Å²) in [6.07, 6.45) is 2.83. The van der Waals surface area contributed by atoms with Crippen molar-refractivity contribution in [2.75, 3.05) is 5.32 Å². The van der Waals surface area contributed by atoms with Crippen molar-refractivity contribution in [1.82, 2.24) is 0 Å². The summed E-state index contributed by atoms with van der Waals surface area (Å²) in [7, 11) is 0. The summed E-state index contributed by atoms with van der Waals surface area (Å²) in [6.45, 7) is 1.92.